The number of nitrogens with two attached hydrogens (primary N) is 2. The van der Waals surface area contributed by atoms with Gasteiger partial charge in [0, 0.05) is 16.7 Å². The van der Waals surface area contributed by atoms with Crippen molar-refractivity contribution in [3.8, 4) is 11.5 Å². The zero-order valence-electron chi connectivity index (χ0n) is 11.1. The summed E-state index contributed by atoms with van der Waals surface area (Å²) in [6, 6.07) is 3.44. The van der Waals surface area contributed by atoms with E-state index in [1.807, 2.05) is 0 Å². The number of hydrogen-bond acceptors (Lipinski definition) is 4. The predicted octanol–water partition coefficient (Wildman–Crippen LogP) is 1.35. The Morgan fingerprint density at radius 2 is 2.16 bits per heavy atom. The highest BCUT2D eigenvalue weighted by Gasteiger charge is 2.15. The van der Waals surface area contributed by atoms with E-state index >= 15 is 0 Å². The SMILES string of the molecule is COc1cc(Cl)cc(CCN)c1OCC(C)C(N)=O. The van der Waals surface area contributed by atoms with Gasteiger partial charge >= 0.3 is 0 Å². The third-order valence-corrected chi connectivity index (χ3v) is 2.91. The van der Waals surface area contributed by atoms with Crippen molar-refractivity contribution in [3.05, 3.63) is 22.7 Å². The van der Waals surface area contributed by atoms with Crippen molar-refractivity contribution in [1.82, 2.24) is 0 Å². The zero-order chi connectivity index (χ0) is 14.4. The van der Waals surface area contributed by atoms with Gasteiger partial charge in [-0.05, 0) is 19.0 Å². The fourth-order valence-corrected chi connectivity index (χ4v) is 1.80. The molecule has 1 aromatic rings. The van der Waals surface area contributed by atoms with Crippen molar-refractivity contribution in [2.24, 2.45) is 17.4 Å². The number of benzene rings is 1. The van der Waals surface area contributed by atoms with Crippen LogP contribution in [0.5, 0.6) is 11.5 Å². The van der Waals surface area contributed by atoms with E-state index in [2.05, 4.69) is 0 Å². The summed E-state index contributed by atoms with van der Waals surface area (Å²) in [5.41, 5.74) is 11.6. The zero-order valence-corrected chi connectivity index (χ0v) is 11.9. The van der Waals surface area contributed by atoms with Crippen LogP contribution in [0.15, 0.2) is 12.1 Å². The number of carbonyl (C=O) groups excluding carboxylic acids is 1. The molecule has 0 spiro atoms. The van der Waals surface area contributed by atoms with Crippen molar-refractivity contribution in [2.45, 2.75) is 13.3 Å². The van der Waals surface area contributed by atoms with Gasteiger partial charge in [0.1, 0.15) is 0 Å². The summed E-state index contributed by atoms with van der Waals surface area (Å²) >= 11 is 6.00. The average molecular weight is 287 g/mol. The Hall–Kier alpha value is -1.46. The number of primary amides is 1. The molecular formula is C13H19ClN2O3. The molecule has 0 bridgehead atoms. The second-order valence-corrected chi connectivity index (χ2v) is 4.69. The van der Waals surface area contributed by atoms with Gasteiger partial charge < -0.3 is 20.9 Å². The van der Waals surface area contributed by atoms with E-state index in [1.165, 1.54) is 7.11 Å². The minimum atomic E-state index is -0.409. The highest BCUT2D eigenvalue weighted by molar-refractivity contribution is 6.30. The molecule has 6 heteroatoms. The van der Waals surface area contributed by atoms with Crippen molar-refractivity contribution in [1.29, 1.82) is 0 Å². The summed E-state index contributed by atoms with van der Waals surface area (Å²) in [5.74, 6) is 0.289. The molecule has 0 aliphatic carbocycles. The number of carbonyl (C=O) groups is 1. The quantitative estimate of drug-likeness (QED) is 0.792. The van der Waals surface area contributed by atoms with Gasteiger partial charge in [0.05, 0.1) is 19.6 Å². The summed E-state index contributed by atoms with van der Waals surface area (Å²) in [4.78, 5) is 11.0. The van der Waals surface area contributed by atoms with E-state index < -0.39 is 5.91 Å². The topological polar surface area (TPSA) is 87.6 Å². The van der Waals surface area contributed by atoms with Crippen LogP contribution >= 0.6 is 11.6 Å². The number of hydrogen-bond donors (Lipinski definition) is 2. The maximum Gasteiger partial charge on any atom is 0.223 e. The smallest absolute Gasteiger partial charge is 0.223 e. The lowest BCUT2D eigenvalue weighted by Gasteiger charge is -2.17. The molecule has 106 valence electrons. The minimum absolute atomic E-state index is 0.185. The Morgan fingerprint density at radius 1 is 1.47 bits per heavy atom. The first-order valence-electron chi connectivity index (χ1n) is 5.98. The summed E-state index contributed by atoms with van der Waals surface area (Å²) < 4.78 is 10.9. The van der Waals surface area contributed by atoms with Crippen LogP contribution in [0.4, 0.5) is 0 Å². The normalized spacial score (nSPS) is 12.0. The van der Waals surface area contributed by atoms with E-state index in [9.17, 15) is 4.79 Å². The molecule has 0 heterocycles. The van der Waals surface area contributed by atoms with Crippen LogP contribution < -0.4 is 20.9 Å². The first-order valence-corrected chi connectivity index (χ1v) is 6.36. The lowest BCUT2D eigenvalue weighted by Crippen LogP contribution is -2.26. The Labute approximate surface area is 117 Å². The highest BCUT2D eigenvalue weighted by Crippen LogP contribution is 2.35. The van der Waals surface area contributed by atoms with Crippen molar-refractivity contribution >= 4 is 17.5 Å². The largest absolute Gasteiger partial charge is 0.493 e. The molecule has 1 amide bonds. The lowest BCUT2D eigenvalue weighted by atomic mass is 10.1. The Morgan fingerprint density at radius 3 is 2.68 bits per heavy atom. The number of methoxy groups -OCH3 is 1. The molecule has 1 atom stereocenters. The van der Waals surface area contributed by atoms with Gasteiger partial charge in [0.2, 0.25) is 5.91 Å². The van der Waals surface area contributed by atoms with E-state index in [0.717, 1.165) is 5.56 Å². The average Bonchev–Trinajstić information content (AvgIpc) is 2.36. The molecule has 19 heavy (non-hydrogen) atoms. The van der Waals surface area contributed by atoms with Crippen LogP contribution in [-0.2, 0) is 11.2 Å². The molecule has 0 saturated carbocycles. The van der Waals surface area contributed by atoms with Crippen LogP contribution in [-0.4, -0.2) is 26.2 Å². The standard InChI is InChI=1S/C13H19ClN2O3/c1-8(13(16)17)7-19-12-9(3-4-15)5-10(14)6-11(12)18-2/h5-6,8H,3-4,7,15H2,1-2H3,(H2,16,17). The molecule has 0 radical (unpaired) electrons. The molecule has 0 aliphatic heterocycles. The number of rotatable bonds is 7. The van der Waals surface area contributed by atoms with Crippen LogP contribution in [0.2, 0.25) is 5.02 Å². The molecule has 0 saturated heterocycles. The lowest BCUT2D eigenvalue weighted by molar-refractivity contribution is -0.122. The maximum absolute atomic E-state index is 11.0. The molecule has 1 unspecified atom stereocenters. The van der Waals surface area contributed by atoms with Crippen molar-refractivity contribution < 1.29 is 14.3 Å². The molecule has 5 nitrogen and oxygen atoms in total. The van der Waals surface area contributed by atoms with Gasteiger partial charge in [-0.3, -0.25) is 4.79 Å². The number of halogens is 1. The third kappa shape index (κ3) is 4.29. The van der Waals surface area contributed by atoms with E-state index in [0.29, 0.717) is 29.5 Å². The minimum Gasteiger partial charge on any atom is -0.493 e. The van der Waals surface area contributed by atoms with Crippen LogP contribution in [0, 0.1) is 5.92 Å². The van der Waals surface area contributed by atoms with Crippen molar-refractivity contribution in [3.63, 3.8) is 0 Å². The van der Waals surface area contributed by atoms with Crippen LogP contribution in [0.25, 0.3) is 0 Å². The molecule has 0 aromatic heterocycles. The fraction of sp³-hybridized carbons (Fsp3) is 0.462. The van der Waals surface area contributed by atoms with Gasteiger partial charge in [-0.1, -0.05) is 18.5 Å². The number of amides is 1. The summed E-state index contributed by atoms with van der Waals surface area (Å²) in [5, 5.41) is 0.551. The Kier molecular flexibility index (Phi) is 5.92. The monoisotopic (exact) mass is 286 g/mol. The van der Waals surface area contributed by atoms with Gasteiger partial charge in [-0.25, -0.2) is 0 Å². The fourth-order valence-electron chi connectivity index (χ4n) is 1.57. The van der Waals surface area contributed by atoms with Crippen molar-refractivity contribution in [2.75, 3.05) is 20.3 Å². The van der Waals surface area contributed by atoms with Gasteiger partial charge in [-0.2, -0.15) is 0 Å². The molecule has 1 rings (SSSR count). The predicted molar refractivity (Wildman–Crippen MR) is 74.6 cm³/mol. The maximum atomic E-state index is 11.0. The van der Waals surface area contributed by atoms with Crippen LogP contribution in [0.1, 0.15) is 12.5 Å². The summed E-state index contributed by atoms with van der Waals surface area (Å²) in [6.45, 7) is 2.35. The molecule has 0 fully saturated rings. The molecule has 0 aliphatic rings. The molecule has 1 aromatic carbocycles. The second-order valence-electron chi connectivity index (χ2n) is 4.25. The highest BCUT2D eigenvalue weighted by atomic mass is 35.5. The van der Waals surface area contributed by atoms with E-state index in [4.69, 9.17) is 32.5 Å². The van der Waals surface area contributed by atoms with Crippen LogP contribution in [0.3, 0.4) is 0 Å². The first kappa shape index (κ1) is 15.6. The van der Waals surface area contributed by atoms with E-state index in [-0.39, 0.29) is 12.5 Å². The Balaban J connectivity index is 2.98. The summed E-state index contributed by atoms with van der Waals surface area (Å²) in [7, 11) is 1.53. The second kappa shape index (κ2) is 7.21. The summed E-state index contributed by atoms with van der Waals surface area (Å²) in [6.07, 6.45) is 0.608. The number of ether oxygens (including phenoxy) is 2. The molecular weight excluding hydrogens is 268 g/mol. The Bertz CT molecular complexity index is 452. The third-order valence-electron chi connectivity index (χ3n) is 2.69. The van der Waals surface area contributed by atoms with Gasteiger partial charge in [-0.15, -0.1) is 0 Å². The molecule has 4 N–H and O–H groups in total. The van der Waals surface area contributed by atoms with Gasteiger partial charge in [0.15, 0.2) is 11.5 Å². The van der Waals surface area contributed by atoms with Gasteiger partial charge in [0.25, 0.3) is 0 Å². The first-order chi connectivity index (χ1) is 8.99. The van der Waals surface area contributed by atoms with E-state index in [1.54, 1.807) is 19.1 Å².